The van der Waals surface area contributed by atoms with Crippen molar-refractivity contribution < 1.29 is 9.53 Å². The lowest BCUT2D eigenvalue weighted by Gasteiger charge is -2.15. The number of hydrogen-bond acceptors (Lipinski definition) is 5. The second-order valence-electron chi connectivity index (χ2n) is 5.61. The molecule has 0 spiro atoms. The maximum Gasteiger partial charge on any atom is 0.273 e. The summed E-state index contributed by atoms with van der Waals surface area (Å²) in [6.45, 7) is 1.24. The van der Waals surface area contributed by atoms with Gasteiger partial charge in [0, 0.05) is 30.1 Å². The van der Waals surface area contributed by atoms with Crippen LogP contribution in [0, 0.1) is 0 Å². The Labute approximate surface area is 143 Å². The first-order valence-corrected chi connectivity index (χ1v) is 8.64. The van der Waals surface area contributed by atoms with Gasteiger partial charge >= 0.3 is 0 Å². The van der Waals surface area contributed by atoms with Gasteiger partial charge in [-0.25, -0.2) is 4.98 Å². The van der Waals surface area contributed by atoms with Gasteiger partial charge in [-0.15, -0.1) is 0 Å². The zero-order valence-corrected chi connectivity index (χ0v) is 13.7. The van der Waals surface area contributed by atoms with Gasteiger partial charge in [-0.2, -0.15) is 5.10 Å². The van der Waals surface area contributed by atoms with E-state index in [0.29, 0.717) is 24.0 Å². The first-order chi connectivity index (χ1) is 11.8. The molecule has 1 N–H and O–H groups in total. The SMILES string of the molecule is O=C(c1cc(-c2ccccc2)n[nH]1)N1CCC(Oc2nccs2)C1. The van der Waals surface area contributed by atoms with Crippen molar-refractivity contribution in [2.45, 2.75) is 12.5 Å². The van der Waals surface area contributed by atoms with E-state index in [4.69, 9.17) is 4.74 Å². The van der Waals surface area contributed by atoms with Crippen molar-refractivity contribution in [1.82, 2.24) is 20.1 Å². The Morgan fingerprint density at radius 2 is 2.21 bits per heavy atom. The highest BCUT2D eigenvalue weighted by Crippen LogP contribution is 2.22. The molecule has 4 rings (SSSR count). The zero-order valence-electron chi connectivity index (χ0n) is 12.9. The molecule has 1 unspecified atom stereocenters. The lowest BCUT2D eigenvalue weighted by molar-refractivity contribution is 0.0766. The summed E-state index contributed by atoms with van der Waals surface area (Å²) in [5.74, 6) is -0.0464. The number of aromatic nitrogens is 3. The Bertz CT molecular complexity index is 816. The molecule has 0 saturated carbocycles. The number of aromatic amines is 1. The van der Waals surface area contributed by atoms with Crippen LogP contribution in [0.25, 0.3) is 11.3 Å². The van der Waals surface area contributed by atoms with Crippen LogP contribution in [0.5, 0.6) is 5.19 Å². The van der Waals surface area contributed by atoms with Crippen molar-refractivity contribution in [3.8, 4) is 16.5 Å². The average molecular weight is 340 g/mol. The number of H-pyrrole nitrogens is 1. The Kier molecular flexibility index (Phi) is 4.00. The summed E-state index contributed by atoms with van der Waals surface area (Å²) in [5.41, 5.74) is 2.26. The van der Waals surface area contributed by atoms with Gasteiger partial charge in [-0.1, -0.05) is 41.7 Å². The van der Waals surface area contributed by atoms with Crippen LogP contribution in [0.4, 0.5) is 0 Å². The van der Waals surface area contributed by atoms with Crippen molar-refractivity contribution in [3.63, 3.8) is 0 Å². The first kappa shape index (κ1) is 14.9. The molecule has 0 aliphatic carbocycles. The quantitative estimate of drug-likeness (QED) is 0.793. The van der Waals surface area contributed by atoms with Crippen molar-refractivity contribution in [2.75, 3.05) is 13.1 Å². The van der Waals surface area contributed by atoms with E-state index < -0.39 is 0 Å². The van der Waals surface area contributed by atoms with Crippen LogP contribution in [-0.2, 0) is 0 Å². The predicted octanol–water partition coefficient (Wildman–Crippen LogP) is 2.83. The fraction of sp³-hybridized carbons (Fsp3) is 0.235. The van der Waals surface area contributed by atoms with Crippen LogP contribution in [-0.4, -0.2) is 45.2 Å². The van der Waals surface area contributed by atoms with Crippen molar-refractivity contribution in [3.05, 3.63) is 53.7 Å². The van der Waals surface area contributed by atoms with Gasteiger partial charge in [0.2, 0.25) is 0 Å². The average Bonchev–Trinajstić information content (AvgIpc) is 3.37. The van der Waals surface area contributed by atoms with Gasteiger partial charge < -0.3 is 9.64 Å². The minimum absolute atomic E-state index is 0.00313. The van der Waals surface area contributed by atoms with Crippen molar-refractivity contribution >= 4 is 17.2 Å². The number of nitrogens with zero attached hydrogens (tertiary/aromatic N) is 3. The first-order valence-electron chi connectivity index (χ1n) is 7.76. The molecule has 1 amide bonds. The molecular formula is C17H16N4O2S. The monoisotopic (exact) mass is 340 g/mol. The molecule has 1 atom stereocenters. The zero-order chi connectivity index (χ0) is 16.4. The molecule has 0 radical (unpaired) electrons. The van der Waals surface area contributed by atoms with Crippen LogP contribution in [0.1, 0.15) is 16.9 Å². The highest BCUT2D eigenvalue weighted by molar-refractivity contribution is 7.11. The van der Waals surface area contributed by atoms with Crippen LogP contribution in [0.3, 0.4) is 0 Å². The number of hydrogen-bond donors (Lipinski definition) is 1. The maximum absolute atomic E-state index is 12.6. The molecule has 7 heteroatoms. The van der Waals surface area contributed by atoms with Gasteiger partial charge in [0.15, 0.2) is 0 Å². The summed E-state index contributed by atoms with van der Waals surface area (Å²) in [4.78, 5) is 18.5. The Morgan fingerprint density at radius 1 is 1.33 bits per heavy atom. The van der Waals surface area contributed by atoms with E-state index >= 15 is 0 Å². The molecule has 0 bridgehead atoms. The molecule has 1 fully saturated rings. The lowest BCUT2D eigenvalue weighted by Crippen LogP contribution is -2.31. The van der Waals surface area contributed by atoms with E-state index in [1.165, 1.54) is 11.3 Å². The maximum atomic E-state index is 12.6. The summed E-state index contributed by atoms with van der Waals surface area (Å²) in [5, 5.41) is 9.63. The third-order valence-corrected chi connectivity index (χ3v) is 4.65. The van der Waals surface area contributed by atoms with E-state index in [1.807, 2.05) is 35.7 Å². The van der Waals surface area contributed by atoms with Crippen LogP contribution < -0.4 is 4.74 Å². The molecule has 1 aliphatic rings. The number of benzene rings is 1. The largest absolute Gasteiger partial charge is 0.465 e. The molecule has 2 aromatic heterocycles. The van der Waals surface area contributed by atoms with E-state index in [1.54, 1.807) is 17.2 Å². The van der Waals surface area contributed by atoms with E-state index in [9.17, 15) is 4.79 Å². The molecule has 122 valence electrons. The van der Waals surface area contributed by atoms with Crippen molar-refractivity contribution in [1.29, 1.82) is 0 Å². The number of carbonyl (C=O) groups excluding carboxylic acids is 1. The standard InChI is InChI=1S/C17H16N4O2S/c22-16(15-10-14(19-20-15)12-4-2-1-3-5-12)21-8-6-13(11-21)23-17-18-7-9-24-17/h1-5,7,9-10,13H,6,8,11H2,(H,19,20). The minimum atomic E-state index is -0.0464. The van der Waals surface area contributed by atoms with Crippen molar-refractivity contribution in [2.24, 2.45) is 0 Å². The van der Waals surface area contributed by atoms with Gasteiger partial charge in [0.1, 0.15) is 11.8 Å². The lowest BCUT2D eigenvalue weighted by atomic mass is 10.1. The normalized spacial score (nSPS) is 17.2. The molecule has 6 nitrogen and oxygen atoms in total. The topological polar surface area (TPSA) is 71.1 Å². The number of thiazole rings is 1. The summed E-state index contributed by atoms with van der Waals surface area (Å²) < 4.78 is 5.79. The molecule has 3 aromatic rings. The Balaban J connectivity index is 1.42. The Morgan fingerprint density at radius 3 is 3.00 bits per heavy atom. The number of carbonyl (C=O) groups is 1. The molecule has 24 heavy (non-hydrogen) atoms. The van der Waals surface area contributed by atoms with E-state index in [-0.39, 0.29) is 12.0 Å². The highest BCUT2D eigenvalue weighted by atomic mass is 32.1. The fourth-order valence-electron chi connectivity index (χ4n) is 2.78. The summed E-state index contributed by atoms with van der Waals surface area (Å²) in [6, 6.07) is 11.6. The third-order valence-electron chi connectivity index (χ3n) is 3.99. The van der Waals surface area contributed by atoms with Gasteiger partial charge in [0.25, 0.3) is 11.1 Å². The number of rotatable bonds is 4. The smallest absolute Gasteiger partial charge is 0.273 e. The predicted molar refractivity (Wildman–Crippen MR) is 91.1 cm³/mol. The van der Waals surface area contributed by atoms with Gasteiger partial charge in [-0.05, 0) is 6.07 Å². The van der Waals surface area contributed by atoms with Crippen LogP contribution in [0.2, 0.25) is 0 Å². The number of amides is 1. The fourth-order valence-corrected chi connectivity index (χ4v) is 3.33. The number of nitrogens with one attached hydrogen (secondary N) is 1. The number of ether oxygens (including phenoxy) is 1. The highest BCUT2D eigenvalue weighted by Gasteiger charge is 2.29. The van der Waals surface area contributed by atoms with Gasteiger partial charge in [-0.3, -0.25) is 9.89 Å². The summed E-state index contributed by atoms with van der Waals surface area (Å²) >= 11 is 1.46. The third kappa shape index (κ3) is 3.03. The summed E-state index contributed by atoms with van der Waals surface area (Å²) in [7, 11) is 0. The summed E-state index contributed by atoms with van der Waals surface area (Å²) in [6.07, 6.45) is 2.52. The molecule has 1 aliphatic heterocycles. The minimum Gasteiger partial charge on any atom is -0.465 e. The molecular weight excluding hydrogens is 324 g/mol. The second kappa shape index (κ2) is 6.45. The Hall–Kier alpha value is -2.67. The van der Waals surface area contributed by atoms with E-state index in [0.717, 1.165) is 17.7 Å². The molecule has 3 heterocycles. The van der Waals surface area contributed by atoms with Crippen LogP contribution in [0.15, 0.2) is 48.0 Å². The molecule has 1 saturated heterocycles. The molecule has 1 aromatic carbocycles. The van der Waals surface area contributed by atoms with Crippen LogP contribution >= 0.6 is 11.3 Å². The number of likely N-dealkylation sites (tertiary alicyclic amines) is 1. The second-order valence-corrected chi connectivity index (χ2v) is 6.47. The van der Waals surface area contributed by atoms with Gasteiger partial charge in [0.05, 0.1) is 12.2 Å². The van der Waals surface area contributed by atoms with E-state index in [2.05, 4.69) is 15.2 Å².